The number of nitrogens with zero attached hydrogens (tertiary/aromatic N) is 1. The number of aryl methyl sites for hydroxylation is 2. The molecule has 1 N–H and O–H groups in total. The summed E-state index contributed by atoms with van der Waals surface area (Å²) in [7, 11) is 0. The lowest BCUT2D eigenvalue weighted by atomic mass is 10.1. The van der Waals surface area contributed by atoms with E-state index >= 15 is 0 Å². The SMILES string of the molecule is CC(=Nc1ccc(C)cc1)c1c(O)cc(C)oc1=O. The van der Waals surface area contributed by atoms with Crippen LogP contribution in [0.15, 0.2) is 44.5 Å². The molecule has 2 aromatic rings. The Hall–Kier alpha value is -2.36. The molecule has 19 heavy (non-hydrogen) atoms. The van der Waals surface area contributed by atoms with E-state index in [1.165, 1.54) is 6.07 Å². The first kappa shape index (κ1) is 13.1. The second kappa shape index (κ2) is 5.10. The van der Waals surface area contributed by atoms with Crippen LogP contribution in [0.3, 0.4) is 0 Å². The van der Waals surface area contributed by atoms with Crippen molar-refractivity contribution in [3.63, 3.8) is 0 Å². The molecule has 0 amide bonds. The smallest absolute Gasteiger partial charge is 0.348 e. The molecule has 0 aliphatic carbocycles. The van der Waals surface area contributed by atoms with Crippen LogP contribution in [-0.4, -0.2) is 10.8 Å². The number of hydrogen-bond donors (Lipinski definition) is 1. The lowest BCUT2D eigenvalue weighted by Crippen LogP contribution is -2.12. The van der Waals surface area contributed by atoms with E-state index in [0.29, 0.717) is 11.5 Å². The van der Waals surface area contributed by atoms with Crippen LogP contribution in [0, 0.1) is 13.8 Å². The van der Waals surface area contributed by atoms with Gasteiger partial charge in [0.2, 0.25) is 0 Å². The summed E-state index contributed by atoms with van der Waals surface area (Å²) >= 11 is 0. The zero-order chi connectivity index (χ0) is 14.0. The van der Waals surface area contributed by atoms with Crippen LogP contribution in [0.4, 0.5) is 5.69 Å². The van der Waals surface area contributed by atoms with Crippen LogP contribution in [0.2, 0.25) is 0 Å². The first-order valence-corrected chi connectivity index (χ1v) is 5.93. The molecule has 98 valence electrons. The molecule has 1 aromatic carbocycles. The van der Waals surface area contributed by atoms with Gasteiger partial charge in [0.25, 0.3) is 0 Å². The molecule has 0 aliphatic rings. The van der Waals surface area contributed by atoms with Crippen LogP contribution >= 0.6 is 0 Å². The van der Waals surface area contributed by atoms with E-state index in [0.717, 1.165) is 11.3 Å². The quantitative estimate of drug-likeness (QED) is 0.841. The van der Waals surface area contributed by atoms with Gasteiger partial charge in [0.1, 0.15) is 17.1 Å². The fraction of sp³-hybridized carbons (Fsp3) is 0.200. The molecule has 1 aromatic heterocycles. The van der Waals surface area contributed by atoms with Crippen LogP contribution in [-0.2, 0) is 0 Å². The summed E-state index contributed by atoms with van der Waals surface area (Å²) < 4.78 is 4.97. The molecule has 0 bridgehead atoms. The minimum Gasteiger partial charge on any atom is -0.507 e. The molecule has 4 heteroatoms. The van der Waals surface area contributed by atoms with E-state index in [1.807, 2.05) is 31.2 Å². The first-order chi connectivity index (χ1) is 8.97. The Balaban J connectivity index is 2.47. The van der Waals surface area contributed by atoms with Crippen molar-refractivity contribution in [2.45, 2.75) is 20.8 Å². The topological polar surface area (TPSA) is 62.8 Å². The van der Waals surface area contributed by atoms with Gasteiger partial charge in [-0.3, -0.25) is 4.99 Å². The summed E-state index contributed by atoms with van der Waals surface area (Å²) in [4.78, 5) is 16.1. The highest BCUT2D eigenvalue weighted by Gasteiger charge is 2.12. The van der Waals surface area contributed by atoms with Crippen molar-refractivity contribution in [2.75, 3.05) is 0 Å². The number of rotatable bonds is 2. The highest BCUT2D eigenvalue weighted by atomic mass is 16.4. The zero-order valence-corrected chi connectivity index (χ0v) is 11.1. The average molecular weight is 257 g/mol. The highest BCUT2D eigenvalue weighted by molar-refractivity contribution is 6.01. The number of aliphatic imine (C=N–C) groups is 1. The standard InChI is InChI=1S/C15H15NO3/c1-9-4-6-12(7-5-9)16-11(3)14-13(17)8-10(2)19-15(14)18/h4-8,17H,1-3H3. The molecular weight excluding hydrogens is 242 g/mol. The third-order valence-corrected chi connectivity index (χ3v) is 2.75. The van der Waals surface area contributed by atoms with Crippen LogP contribution in [0.1, 0.15) is 23.8 Å². The van der Waals surface area contributed by atoms with Gasteiger partial charge in [-0.15, -0.1) is 0 Å². The summed E-state index contributed by atoms with van der Waals surface area (Å²) in [5, 5.41) is 9.82. The maximum absolute atomic E-state index is 11.7. The summed E-state index contributed by atoms with van der Waals surface area (Å²) in [6, 6.07) is 8.98. The Morgan fingerprint density at radius 3 is 2.42 bits per heavy atom. The first-order valence-electron chi connectivity index (χ1n) is 5.93. The van der Waals surface area contributed by atoms with E-state index in [9.17, 15) is 9.90 Å². The molecule has 0 saturated heterocycles. The van der Waals surface area contributed by atoms with Gasteiger partial charge in [-0.2, -0.15) is 0 Å². The van der Waals surface area contributed by atoms with Crippen molar-refractivity contribution in [2.24, 2.45) is 4.99 Å². The Morgan fingerprint density at radius 2 is 1.84 bits per heavy atom. The van der Waals surface area contributed by atoms with E-state index in [2.05, 4.69) is 4.99 Å². The van der Waals surface area contributed by atoms with Gasteiger partial charge in [-0.05, 0) is 32.9 Å². The van der Waals surface area contributed by atoms with Gasteiger partial charge in [0.15, 0.2) is 0 Å². The second-order valence-electron chi connectivity index (χ2n) is 4.44. The van der Waals surface area contributed by atoms with Crippen molar-refractivity contribution < 1.29 is 9.52 Å². The van der Waals surface area contributed by atoms with Crippen molar-refractivity contribution in [3.05, 3.63) is 57.6 Å². The lowest BCUT2D eigenvalue weighted by Gasteiger charge is -2.03. The average Bonchev–Trinajstić information content (AvgIpc) is 2.30. The Morgan fingerprint density at radius 1 is 1.21 bits per heavy atom. The van der Waals surface area contributed by atoms with Gasteiger partial charge >= 0.3 is 5.63 Å². The third kappa shape index (κ3) is 2.91. The summed E-state index contributed by atoms with van der Waals surface area (Å²) in [5.74, 6) is 0.261. The molecule has 1 heterocycles. The van der Waals surface area contributed by atoms with E-state index < -0.39 is 5.63 Å². The van der Waals surface area contributed by atoms with E-state index in [-0.39, 0.29) is 11.3 Å². The fourth-order valence-corrected chi connectivity index (χ4v) is 1.80. The van der Waals surface area contributed by atoms with Gasteiger partial charge in [0.05, 0.1) is 11.4 Å². The Labute approximate surface area is 111 Å². The zero-order valence-electron chi connectivity index (χ0n) is 11.1. The second-order valence-corrected chi connectivity index (χ2v) is 4.44. The predicted molar refractivity (Wildman–Crippen MR) is 74.4 cm³/mol. The van der Waals surface area contributed by atoms with Crippen molar-refractivity contribution in [1.29, 1.82) is 0 Å². The number of aromatic hydroxyl groups is 1. The van der Waals surface area contributed by atoms with Crippen LogP contribution in [0.25, 0.3) is 0 Å². The van der Waals surface area contributed by atoms with Gasteiger partial charge in [-0.1, -0.05) is 17.7 Å². The normalized spacial score (nSPS) is 11.6. The molecule has 0 saturated carbocycles. The van der Waals surface area contributed by atoms with Crippen LogP contribution < -0.4 is 5.63 Å². The molecule has 0 aliphatic heterocycles. The van der Waals surface area contributed by atoms with Crippen molar-refractivity contribution in [1.82, 2.24) is 0 Å². The molecule has 0 fully saturated rings. The highest BCUT2D eigenvalue weighted by Crippen LogP contribution is 2.19. The summed E-state index contributed by atoms with van der Waals surface area (Å²) in [5.41, 5.74) is 1.81. The third-order valence-electron chi connectivity index (χ3n) is 2.75. The molecule has 0 atom stereocenters. The maximum Gasteiger partial charge on any atom is 0.348 e. The molecule has 4 nitrogen and oxygen atoms in total. The Kier molecular flexibility index (Phi) is 3.51. The summed E-state index contributed by atoms with van der Waals surface area (Å²) in [6.07, 6.45) is 0. The minimum absolute atomic E-state index is 0.103. The maximum atomic E-state index is 11.7. The fourth-order valence-electron chi connectivity index (χ4n) is 1.80. The van der Waals surface area contributed by atoms with E-state index in [1.54, 1.807) is 13.8 Å². The van der Waals surface area contributed by atoms with Gasteiger partial charge in [0, 0.05) is 6.07 Å². The number of hydrogen-bond acceptors (Lipinski definition) is 4. The van der Waals surface area contributed by atoms with Gasteiger partial charge < -0.3 is 9.52 Å². The number of benzene rings is 1. The lowest BCUT2D eigenvalue weighted by molar-refractivity contribution is 0.432. The van der Waals surface area contributed by atoms with E-state index in [4.69, 9.17) is 4.42 Å². The van der Waals surface area contributed by atoms with Crippen molar-refractivity contribution >= 4 is 11.4 Å². The summed E-state index contributed by atoms with van der Waals surface area (Å²) in [6.45, 7) is 5.26. The largest absolute Gasteiger partial charge is 0.507 e. The molecule has 2 rings (SSSR count). The van der Waals surface area contributed by atoms with Crippen LogP contribution in [0.5, 0.6) is 5.75 Å². The van der Waals surface area contributed by atoms with Crippen molar-refractivity contribution in [3.8, 4) is 5.75 Å². The molecule has 0 radical (unpaired) electrons. The molecule has 0 unspecified atom stereocenters. The predicted octanol–water partition coefficient (Wildman–Crippen LogP) is 3.10. The Bertz CT molecular complexity index is 682. The molecule has 0 spiro atoms. The molecular formula is C15H15NO3. The minimum atomic E-state index is -0.578. The van der Waals surface area contributed by atoms with Gasteiger partial charge in [-0.25, -0.2) is 4.79 Å². The monoisotopic (exact) mass is 257 g/mol.